The fourth-order valence-corrected chi connectivity index (χ4v) is 52.1. The lowest BCUT2D eigenvalue weighted by atomic mass is 9.68. The van der Waals surface area contributed by atoms with E-state index in [1.54, 1.807) is 50.1 Å². The summed E-state index contributed by atoms with van der Waals surface area (Å²) in [5.41, 5.74) is 30.7. The average molecular weight is 1920 g/mol. The van der Waals surface area contributed by atoms with Crippen LogP contribution in [0.15, 0.2) is 235 Å². The molecule has 12 aliphatic rings. The van der Waals surface area contributed by atoms with Gasteiger partial charge in [0.1, 0.15) is 24.7 Å². The molecule has 140 heavy (non-hydrogen) atoms. The molecular formula is C134H181N3Si3. The molecule has 6 saturated carbocycles. The molecule has 3 nitrogen and oxygen atoms in total. The number of allylic oxidation sites excluding steroid dienone is 12. The van der Waals surface area contributed by atoms with Crippen LogP contribution in [0.2, 0.25) is 55.9 Å². The minimum absolute atomic E-state index is 0.0158. The molecule has 0 bridgehead atoms. The van der Waals surface area contributed by atoms with Gasteiger partial charge < -0.3 is 13.7 Å². The summed E-state index contributed by atoms with van der Waals surface area (Å²) in [4.78, 5) is 0. The monoisotopic (exact) mass is 1920 g/mol. The topological polar surface area (TPSA) is 9.72 Å². The highest BCUT2D eigenvalue weighted by molar-refractivity contribution is 6.77. The molecule has 0 radical (unpaired) electrons. The van der Waals surface area contributed by atoms with Crippen LogP contribution in [0.3, 0.4) is 0 Å². The van der Waals surface area contributed by atoms with E-state index in [0.29, 0.717) is 35.5 Å². The Morgan fingerprint density at radius 1 is 0.307 bits per heavy atom. The summed E-state index contributed by atoms with van der Waals surface area (Å²) < 4.78 is 9.46. The average Bonchev–Trinajstić information content (AvgIpc) is 1.55. The second-order valence-electron chi connectivity index (χ2n) is 52.4. The Hall–Kier alpha value is -7.27. The highest BCUT2D eigenvalue weighted by Gasteiger charge is 2.61. The molecule has 11 unspecified atom stereocenters. The van der Waals surface area contributed by atoms with E-state index >= 15 is 0 Å². The third kappa shape index (κ3) is 18.4. The van der Waals surface area contributed by atoms with Gasteiger partial charge in [-0.05, 0) is 360 Å². The fraction of sp³-hybridized carbons (Fsp3) is 0.552. The largest absolute Gasteiger partial charge is 0.316 e. The molecule has 0 saturated heterocycles. The lowest BCUT2D eigenvalue weighted by Gasteiger charge is -2.56. The fourth-order valence-electron chi connectivity index (χ4n) is 34.5. The molecule has 9 aromatic rings. The van der Waals surface area contributed by atoms with Gasteiger partial charge in [-0.25, -0.2) is 0 Å². The van der Waals surface area contributed by atoms with Crippen LogP contribution < -0.4 is 0 Å². The number of nitrogens with zero attached hydrogens (tertiary/aromatic N) is 3. The van der Waals surface area contributed by atoms with E-state index in [2.05, 4.69) is 389 Å². The normalized spacial score (nSPS) is 25.4. The summed E-state index contributed by atoms with van der Waals surface area (Å²) in [5, 5.41) is 8.06. The Labute approximate surface area is 854 Å². The quantitative estimate of drug-likeness (QED) is 0.0558. The van der Waals surface area contributed by atoms with Crippen molar-refractivity contribution in [3.05, 3.63) is 269 Å². The van der Waals surface area contributed by atoms with Crippen LogP contribution in [0, 0.1) is 47.3 Å². The highest BCUT2D eigenvalue weighted by atomic mass is 28.3. The molecule has 0 N–H and O–H groups in total. The first-order valence-corrected chi connectivity index (χ1v) is 66.7. The zero-order chi connectivity index (χ0) is 98.5. The Morgan fingerprint density at radius 3 is 0.971 bits per heavy atom. The molecule has 0 spiro atoms. The number of unbranched alkanes of at least 4 members (excludes halogenated alkanes) is 4. The van der Waals surface area contributed by atoms with Gasteiger partial charge in [-0.15, -0.1) is 0 Å². The summed E-state index contributed by atoms with van der Waals surface area (Å²) in [5.74, 6) is 5.57. The molecule has 0 heterocycles. The van der Waals surface area contributed by atoms with E-state index in [1.165, 1.54) is 281 Å². The molecule has 0 aliphatic heterocycles. The molecule has 0 aromatic heterocycles. The van der Waals surface area contributed by atoms with Gasteiger partial charge in [0.05, 0.1) is 0 Å². The van der Waals surface area contributed by atoms with Crippen LogP contribution in [-0.4, -0.2) is 73.1 Å². The van der Waals surface area contributed by atoms with Gasteiger partial charge >= 0.3 is 0 Å². The van der Waals surface area contributed by atoms with E-state index in [1.807, 2.05) is 0 Å². The lowest BCUT2D eigenvalue weighted by molar-refractivity contribution is 0.138. The van der Waals surface area contributed by atoms with Gasteiger partial charge in [-0.3, -0.25) is 0 Å². The standard InChI is InChI=1S/C47H65NSi.C46H63NSi.C41H53NSi/c1-9-11-27-47(28-12-10-2)43-31-35(39-24-18-20-34-19-16-17-23-38(34)39)25-26-40(43)42-30-36-29-33(3)45(41(36)32-44(42)47)49(7,8)48(46(4,5)6)37-21-14-13-15-22-37;1-8-10-28-46(29-11-9-2)42-31-35(38-23-17-19-33-18-15-16-22-37(33)38)24-26-39(42)41-30-34-25-27-44(40(34)32-43(41)46)48(6,7)47(45(3,4)5)36-20-13-12-14-21-36;1-27-23-30-24-36-34-22-21-29(33-20-14-16-28-15-12-13-19-32(28)33)25-37(34)41(5,6)38(36)26-35(30)39(27)43(7,8)42(40(2,3)4)31-17-10-9-11-18-31/h16-20,23-26,30-33,36-37,41,45H,9-15,21-22,27-29H2,1-8H3;15-19,22-24,26,30-32,34,36,40,44H,8-14,20-21,25,27-29H2,1-7H3;12-16,19-22,24-27,30-31,35,39H,9-11,17-18,23H2,1-8H3. The molecule has 12 aliphatic carbocycles. The van der Waals surface area contributed by atoms with E-state index < -0.39 is 24.7 Å². The van der Waals surface area contributed by atoms with Crippen molar-refractivity contribution < 1.29 is 0 Å². The molecule has 9 aromatic carbocycles. The minimum atomic E-state index is -1.83. The van der Waals surface area contributed by atoms with Gasteiger partial charge in [-0.1, -0.05) is 410 Å². The Balaban J connectivity index is 0.000000134. The van der Waals surface area contributed by atoms with Crippen LogP contribution >= 0.6 is 0 Å². The second-order valence-corrected chi connectivity index (χ2v) is 65.8. The first kappa shape index (κ1) is 101. The van der Waals surface area contributed by atoms with E-state index in [0.717, 1.165) is 46.6 Å². The molecule has 6 heteroatoms. The number of hydrogen-bond acceptors (Lipinski definition) is 3. The van der Waals surface area contributed by atoms with Crippen molar-refractivity contribution in [2.45, 2.75) is 424 Å². The molecule has 11 atom stereocenters. The molecule has 6 fully saturated rings. The van der Waals surface area contributed by atoms with Crippen molar-refractivity contribution in [2.75, 3.05) is 0 Å². The number of hydrogen-bond donors (Lipinski definition) is 0. The van der Waals surface area contributed by atoms with Crippen LogP contribution in [0.5, 0.6) is 0 Å². The predicted octanol–water partition coefficient (Wildman–Crippen LogP) is 38.6. The van der Waals surface area contributed by atoms with Crippen molar-refractivity contribution in [1.82, 2.24) is 13.7 Å². The van der Waals surface area contributed by atoms with Crippen LogP contribution in [0.1, 0.15) is 350 Å². The van der Waals surface area contributed by atoms with Gasteiger partial charge in [0.2, 0.25) is 0 Å². The number of benzene rings is 9. The van der Waals surface area contributed by atoms with Crippen molar-refractivity contribution in [3.63, 3.8) is 0 Å². The third-order valence-electron chi connectivity index (χ3n) is 39.0. The summed E-state index contributed by atoms with van der Waals surface area (Å²) in [7, 11) is -5.39. The van der Waals surface area contributed by atoms with Crippen molar-refractivity contribution >= 4 is 73.7 Å². The van der Waals surface area contributed by atoms with Gasteiger partial charge in [0, 0.05) is 51.0 Å². The summed E-state index contributed by atoms with van der Waals surface area (Å²) >= 11 is 0. The van der Waals surface area contributed by atoms with Crippen molar-refractivity contribution in [3.8, 4) is 33.4 Å². The van der Waals surface area contributed by atoms with Gasteiger partial charge in [0.15, 0.2) is 0 Å². The summed E-state index contributed by atoms with van der Waals surface area (Å²) in [6, 6.07) is 72.1. The SMILES string of the molecule is CC1CC2C=C3C(=CC2C1[Si](C)(C)N(C1CCCCC1)C(C)(C)C)C(C)(C)c1cc(-c2cccc4ccccc24)ccc13.CCCCC1(CCCC)C2=CC3C(C=C2c2ccc(-c4cccc5ccccc45)cc21)CC(C)C3[Si](C)(C)N(C1CCCCC1)C(C)(C)C.CCCCC1(CCCC)C2=CC3C(C=C2c2ccc(-c4cccc5ccccc45)cc21)CCC3[Si](C)(C)N(C1CCCCC1)C(C)(C)C. The first-order chi connectivity index (χ1) is 67.0. The maximum absolute atomic E-state index is 3.17. The first-order valence-electron chi connectivity index (χ1n) is 57.6. The summed E-state index contributed by atoms with van der Waals surface area (Å²) in [6.07, 6.45) is 59.1. The number of fused-ring (bicyclic) bond motifs is 15. The second kappa shape index (κ2) is 40.2. The predicted molar refractivity (Wildman–Crippen MR) is 618 cm³/mol. The minimum Gasteiger partial charge on any atom is -0.316 e. The van der Waals surface area contributed by atoms with Gasteiger partial charge in [0.25, 0.3) is 0 Å². The van der Waals surface area contributed by atoms with E-state index in [-0.39, 0.29) is 32.9 Å². The Bertz CT molecular complexity index is 6150. The van der Waals surface area contributed by atoms with Crippen LogP contribution in [0.25, 0.3) is 82.4 Å². The highest BCUT2D eigenvalue weighted by Crippen LogP contribution is 2.68. The maximum atomic E-state index is 3.17. The molecule has 744 valence electrons. The number of rotatable bonds is 24. The van der Waals surface area contributed by atoms with E-state index in [4.69, 9.17) is 0 Å². The zero-order valence-electron chi connectivity index (χ0n) is 91.6. The maximum Gasteiger partial charge on any atom is 0.127 e. The zero-order valence-corrected chi connectivity index (χ0v) is 94.6. The Kier molecular flexibility index (Phi) is 29.1. The van der Waals surface area contributed by atoms with Crippen LogP contribution in [-0.2, 0) is 16.2 Å². The van der Waals surface area contributed by atoms with Gasteiger partial charge in [-0.2, -0.15) is 0 Å². The molecule has 0 amide bonds. The smallest absolute Gasteiger partial charge is 0.127 e. The Morgan fingerprint density at radius 2 is 0.614 bits per heavy atom. The molecular weight excluding hydrogens is 1740 g/mol. The third-order valence-corrected chi connectivity index (χ3v) is 53.5. The lowest BCUT2D eigenvalue weighted by Crippen LogP contribution is -2.65. The van der Waals surface area contributed by atoms with Crippen LogP contribution in [0.4, 0.5) is 0 Å². The summed E-state index contributed by atoms with van der Waals surface area (Å²) in [6.45, 7) is 59.1. The van der Waals surface area contributed by atoms with E-state index in [9.17, 15) is 0 Å². The molecule has 21 rings (SSSR count). The van der Waals surface area contributed by atoms with Crippen molar-refractivity contribution in [1.29, 1.82) is 0 Å². The van der Waals surface area contributed by atoms with Crippen molar-refractivity contribution in [2.24, 2.45) is 47.3 Å².